The molecule has 2 atom stereocenters. The first kappa shape index (κ1) is 21.3. The van der Waals surface area contributed by atoms with Crippen LogP contribution in [0.1, 0.15) is 52.4 Å². The summed E-state index contributed by atoms with van der Waals surface area (Å²) in [6.07, 6.45) is 5.78. The molecule has 0 bridgehead atoms. The van der Waals surface area contributed by atoms with Gasteiger partial charge in [-0.15, -0.1) is 11.8 Å². The third-order valence-electron chi connectivity index (χ3n) is 4.64. The lowest BCUT2D eigenvalue weighted by molar-refractivity contribution is -0.140. The summed E-state index contributed by atoms with van der Waals surface area (Å²) < 4.78 is 0. The standard InChI is InChI=1S/C18H28N2O4S2/c1-12(2)26-14-11-16(22)20(18(14)24)9-7-5-4-6-8-19-15(21)10-13(25-3)17(19)23/h12-14H,4-11H2,1-3H3. The van der Waals surface area contributed by atoms with Crippen molar-refractivity contribution in [3.8, 4) is 0 Å². The van der Waals surface area contributed by atoms with Crippen LogP contribution >= 0.6 is 23.5 Å². The van der Waals surface area contributed by atoms with Gasteiger partial charge in [0.2, 0.25) is 23.6 Å². The molecule has 0 N–H and O–H groups in total. The number of rotatable bonds is 10. The zero-order valence-electron chi connectivity index (χ0n) is 15.7. The van der Waals surface area contributed by atoms with Crippen LogP contribution in [0.2, 0.25) is 0 Å². The second-order valence-electron chi connectivity index (χ2n) is 6.99. The van der Waals surface area contributed by atoms with Crippen molar-refractivity contribution in [3.63, 3.8) is 0 Å². The molecular weight excluding hydrogens is 372 g/mol. The van der Waals surface area contributed by atoms with E-state index in [1.165, 1.54) is 21.6 Å². The van der Waals surface area contributed by atoms with E-state index in [4.69, 9.17) is 0 Å². The molecule has 2 unspecified atom stereocenters. The van der Waals surface area contributed by atoms with Gasteiger partial charge >= 0.3 is 0 Å². The third-order valence-corrected chi connectivity index (χ3v) is 6.82. The maximum atomic E-state index is 12.3. The van der Waals surface area contributed by atoms with E-state index in [0.29, 0.717) is 31.2 Å². The Labute approximate surface area is 163 Å². The molecule has 0 aromatic heterocycles. The van der Waals surface area contributed by atoms with Crippen LogP contribution in [0.25, 0.3) is 0 Å². The summed E-state index contributed by atoms with van der Waals surface area (Å²) in [6.45, 7) is 5.01. The molecule has 8 heteroatoms. The predicted molar refractivity (Wildman–Crippen MR) is 105 cm³/mol. The first-order valence-corrected chi connectivity index (χ1v) is 11.4. The number of carbonyl (C=O) groups is 4. The lowest BCUT2D eigenvalue weighted by Gasteiger charge is -2.16. The Bertz CT molecular complexity index is 567. The van der Waals surface area contributed by atoms with Crippen LogP contribution in [-0.2, 0) is 19.2 Å². The number of carbonyl (C=O) groups excluding carboxylic acids is 4. The van der Waals surface area contributed by atoms with Gasteiger partial charge in [-0.25, -0.2) is 0 Å². The van der Waals surface area contributed by atoms with Crippen LogP contribution in [0, 0.1) is 0 Å². The van der Waals surface area contributed by atoms with Crippen LogP contribution in [0.4, 0.5) is 0 Å². The van der Waals surface area contributed by atoms with E-state index in [1.54, 1.807) is 11.8 Å². The van der Waals surface area contributed by atoms with Crippen molar-refractivity contribution in [2.45, 2.75) is 68.1 Å². The molecule has 0 radical (unpaired) electrons. The number of hydrogen-bond donors (Lipinski definition) is 0. The highest BCUT2D eigenvalue weighted by Crippen LogP contribution is 2.28. The maximum Gasteiger partial charge on any atom is 0.242 e. The second-order valence-corrected chi connectivity index (χ2v) is 9.81. The first-order chi connectivity index (χ1) is 12.3. The summed E-state index contributed by atoms with van der Waals surface area (Å²) in [7, 11) is 0. The number of likely N-dealkylation sites (tertiary alicyclic amines) is 2. The van der Waals surface area contributed by atoms with Gasteiger partial charge in [0.15, 0.2) is 0 Å². The highest BCUT2D eigenvalue weighted by molar-refractivity contribution is 8.01. The number of amides is 4. The van der Waals surface area contributed by atoms with E-state index in [1.807, 2.05) is 20.1 Å². The van der Waals surface area contributed by atoms with Crippen molar-refractivity contribution in [1.82, 2.24) is 9.80 Å². The van der Waals surface area contributed by atoms with Crippen molar-refractivity contribution in [1.29, 1.82) is 0 Å². The van der Waals surface area contributed by atoms with Gasteiger partial charge in [-0.3, -0.25) is 29.0 Å². The number of hydrogen-bond acceptors (Lipinski definition) is 6. The predicted octanol–water partition coefficient (Wildman–Crippen LogP) is 2.31. The molecule has 26 heavy (non-hydrogen) atoms. The summed E-state index contributed by atoms with van der Waals surface area (Å²) >= 11 is 2.99. The quantitative estimate of drug-likeness (QED) is 0.414. The summed E-state index contributed by atoms with van der Waals surface area (Å²) in [5.74, 6) is -0.254. The fourth-order valence-electron chi connectivity index (χ4n) is 3.29. The van der Waals surface area contributed by atoms with Gasteiger partial charge in [-0.2, -0.15) is 11.8 Å². The molecule has 2 aliphatic heterocycles. The Morgan fingerprint density at radius 1 is 0.846 bits per heavy atom. The van der Waals surface area contributed by atoms with Crippen LogP contribution in [-0.4, -0.2) is 68.5 Å². The molecule has 146 valence electrons. The molecule has 2 fully saturated rings. The number of nitrogens with zero attached hydrogens (tertiary/aromatic N) is 2. The van der Waals surface area contributed by atoms with Crippen LogP contribution in [0.5, 0.6) is 0 Å². The van der Waals surface area contributed by atoms with E-state index in [9.17, 15) is 19.2 Å². The summed E-state index contributed by atoms with van der Waals surface area (Å²) in [5, 5.41) is -0.108. The second kappa shape index (κ2) is 9.78. The van der Waals surface area contributed by atoms with Crippen molar-refractivity contribution < 1.29 is 19.2 Å². The molecule has 0 saturated carbocycles. The normalized spacial score (nSPS) is 23.8. The van der Waals surface area contributed by atoms with E-state index in [-0.39, 0.29) is 34.1 Å². The van der Waals surface area contributed by atoms with Gasteiger partial charge in [0.1, 0.15) is 0 Å². The number of thioether (sulfide) groups is 2. The van der Waals surface area contributed by atoms with Crippen LogP contribution < -0.4 is 0 Å². The van der Waals surface area contributed by atoms with Crippen molar-refractivity contribution in [3.05, 3.63) is 0 Å². The Balaban J connectivity index is 1.64. The Hall–Kier alpha value is -1.02. The minimum absolute atomic E-state index is 0.0509. The van der Waals surface area contributed by atoms with Gasteiger partial charge in [0.05, 0.1) is 10.5 Å². The largest absolute Gasteiger partial charge is 0.282 e. The van der Waals surface area contributed by atoms with Crippen molar-refractivity contribution in [2.24, 2.45) is 0 Å². The SMILES string of the molecule is CSC1CC(=O)N(CCCCCCN2C(=O)CC(SC(C)C)C2=O)C1=O. The Kier molecular flexibility index (Phi) is 8.01. The zero-order chi connectivity index (χ0) is 19.3. The minimum atomic E-state index is -0.223. The first-order valence-electron chi connectivity index (χ1n) is 9.21. The zero-order valence-corrected chi connectivity index (χ0v) is 17.4. The molecule has 2 saturated heterocycles. The van der Waals surface area contributed by atoms with E-state index >= 15 is 0 Å². The van der Waals surface area contributed by atoms with Gasteiger partial charge in [-0.1, -0.05) is 26.7 Å². The molecule has 6 nitrogen and oxygen atoms in total. The van der Waals surface area contributed by atoms with Crippen molar-refractivity contribution in [2.75, 3.05) is 19.3 Å². The lowest BCUT2D eigenvalue weighted by atomic mass is 10.2. The van der Waals surface area contributed by atoms with Gasteiger partial charge < -0.3 is 0 Å². The summed E-state index contributed by atoms with van der Waals surface area (Å²) in [5.41, 5.74) is 0. The molecule has 4 amide bonds. The fraction of sp³-hybridized carbons (Fsp3) is 0.778. The minimum Gasteiger partial charge on any atom is -0.282 e. The molecule has 0 aliphatic carbocycles. The summed E-state index contributed by atoms with van der Waals surface area (Å²) in [4.78, 5) is 50.9. The highest BCUT2D eigenvalue weighted by Gasteiger charge is 2.39. The Morgan fingerprint density at radius 3 is 1.73 bits per heavy atom. The highest BCUT2D eigenvalue weighted by atomic mass is 32.2. The molecule has 0 aromatic carbocycles. The lowest BCUT2D eigenvalue weighted by Crippen LogP contribution is -2.33. The number of unbranched alkanes of at least 4 members (excludes halogenated alkanes) is 3. The number of imide groups is 2. The average molecular weight is 401 g/mol. The maximum absolute atomic E-state index is 12.3. The van der Waals surface area contributed by atoms with E-state index in [0.717, 1.165) is 25.7 Å². The molecular formula is C18H28N2O4S2. The molecule has 2 aliphatic rings. The summed E-state index contributed by atoms with van der Waals surface area (Å²) in [6, 6.07) is 0. The third kappa shape index (κ3) is 5.25. The van der Waals surface area contributed by atoms with Crippen LogP contribution in [0.15, 0.2) is 0 Å². The Morgan fingerprint density at radius 2 is 1.31 bits per heavy atom. The average Bonchev–Trinajstić information content (AvgIpc) is 3.00. The molecule has 2 heterocycles. The fourth-order valence-corrected chi connectivity index (χ4v) is 5.07. The smallest absolute Gasteiger partial charge is 0.242 e. The molecule has 0 aromatic rings. The van der Waals surface area contributed by atoms with Gasteiger partial charge in [0, 0.05) is 25.9 Å². The molecule has 2 rings (SSSR count). The van der Waals surface area contributed by atoms with E-state index in [2.05, 4.69) is 0 Å². The monoisotopic (exact) mass is 400 g/mol. The van der Waals surface area contributed by atoms with Gasteiger partial charge in [-0.05, 0) is 24.3 Å². The van der Waals surface area contributed by atoms with Gasteiger partial charge in [0.25, 0.3) is 0 Å². The molecule has 0 spiro atoms. The van der Waals surface area contributed by atoms with Crippen molar-refractivity contribution >= 4 is 47.2 Å². The topological polar surface area (TPSA) is 74.8 Å². The van der Waals surface area contributed by atoms with E-state index < -0.39 is 0 Å². The van der Waals surface area contributed by atoms with Crippen LogP contribution in [0.3, 0.4) is 0 Å².